The molecule has 0 saturated carbocycles. The summed E-state index contributed by atoms with van der Waals surface area (Å²) < 4.78 is 0. The fourth-order valence-electron chi connectivity index (χ4n) is 1.24. The predicted octanol–water partition coefficient (Wildman–Crippen LogP) is 2.50. The van der Waals surface area contributed by atoms with E-state index in [4.69, 9.17) is 17.3 Å². The number of rotatable bonds is 4. The number of nitrogens with one attached hydrogen (secondary N) is 1. The van der Waals surface area contributed by atoms with Crippen molar-refractivity contribution >= 4 is 23.2 Å². The molecule has 17 heavy (non-hydrogen) atoms. The first-order chi connectivity index (χ1) is 7.78. The summed E-state index contributed by atoms with van der Waals surface area (Å²) in [7, 11) is 0. The molecule has 0 radical (unpaired) electrons. The van der Waals surface area contributed by atoms with E-state index in [0.29, 0.717) is 18.5 Å². The zero-order valence-electron chi connectivity index (χ0n) is 9.96. The quantitative estimate of drug-likeness (QED) is 0.725. The third-order valence-electron chi connectivity index (χ3n) is 2.23. The van der Waals surface area contributed by atoms with Crippen LogP contribution in [0.5, 0.6) is 5.75 Å². The average molecular weight is 257 g/mol. The summed E-state index contributed by atoms with van der Waals surface area (Å²) in [6.45, 7) is 3.75. The Kier molecular flexibility index (Phi) is 4.37. The maximum Gasteiger partial charge on any atom is 0.224 e. The molecule has 0 bridgehead atoms. The Morgan fingerprint density at radius 3 is 2.71 bits per heavy atom. The van der Waals surface area contributed by atoms with Crippen molar-refractivity contribution in [3.8, 4) is 5.75 Å². The lowest BCUT2D eigenvalue weighted by Crippen LogP contribution is -2.33. The van der Waals surface area contributed by atoms with Crippen molar-refractivity contribution < 1.29 is 9.90 Å². The first-order valence-electron chi connectivity index (χ1n) is 5.35. The second-order valence-corrected chi connectivity index (χ2v) is 5.11. The molecule has 0 aliphatic heterocycles. The normalized spacial score (nSPS) is 11.3. The SMILES string of the molecule is CC(C)(N)CCC(=O)Nc1ccc(O)c(Cl)c1. The highest BCUT2D eigenvalue weighted by molar-refractivity contribution is 6.32. The van der Waals surface area contributed by atoms with Crippen LogP contribution in [0.1, 0.15) is 26.7 Å². The lowest BCUT2D eigenvalue weighted by atomic mass is 10.00. The van der Waals surface area contributed by atoms with Crippen molar-refractivity contribution in [3.05, 3.63) is 23.2 Å². The van der Waals surface area contributed by atoms with E-state index < -0.39 is 0 Å². The zero-order valence-corrected chi connectivity index (χ0v) is 10.7. The number of phenolic OH excluding ortho intramolecular Hbond substituents is 1. The van der Waals surface area contributed by atoms with Crippen LogP contribution in [-0.4, -0.2) is 16.6 Å². The molecule has 0 aliphatic carbocycles. The van der Waals surface area contributed by atoms with Gasteiger partial charge in [-0.25, -0.2) is 0 Å². The zero-order chi connectivity index (χ0) is 13.1. The number of phenols is 1. The van der Waals surface area contributed by atoms with Crippen LogP contribution in [0.25, 0.3) is 0 Å². The summed E-state index contributed by atoms with van der Waals surface area (Å²) in [6.07, 6.45) is 0.951. The molecule has 94 valence electrons. The minimum Gasteiger partial charge on any atom is -0.506 e. The number of carbonyl (C=O) groups excluding carboxylic acids is 1. The molecule has 0 unspecified atom stereocenters. The van der Waals surface area contributed by atoms with Crippen molar-refractivity contribution in [3.63, 3.8) is 0 Å². The highest BCUT2D eigenvalue weighted by atomic mass is 35.5. The smallest absolute Gasteiger partial charge is 0.224 e. The van der Waals surface area contributed by atoms with E-state index in [0.717, 1.165) is 0 Å². The fraction of sp³-hybridized carbons (Fsp3) is 0.417. The van der Waals surface area contributed by atoms with Gasteiger partial charge in [0.2, 0.25) is 5.91 Å². The van der Waals surface area contributed by atoms with E-state index >= 15 is 0 Å². The van der Waals surface area contributed by atoms with Crippen LogP contribution in [0.4, 0.5) is 5.69 Å². The van der Waals surface area contributed by atoms with Crippen molar-refractivity contribution in [2.24, 2.45) is 5.73 Å². The van der Waals surface area contributed by atoms with Crippen molar-refractivity contribution in [2.75, 3.05) is 5.32 Å². The standard InChI is InChI=1S/C12H17ClN2O2/c1-12(2,14)6-5-11(17)15-8-3-4-10(16)9(13)7-8/h3-4,7,16H,5-6,14H2,1-2H3,(H,15,17). The molecule has 0 aromatic heterocycles. The van der Waals surface area contributed by atoms with Crippen LogP contribution in [0.3, 0.4) is 0 Å². The van der Waals surface area contributed by atoms with Gasteiger partial charge in [0, 0.05) is 17.6 Å². The number of nitrogens with two attached hydrogens (primary N) is 1. The van der Waals surface area contributed by atoms with Gasteiger partial charge in [0.1, 0.15) is 5.75 Å². The Bertz CT molecular complexity index is 413. The lowest BCUT2D eigenvalue weighted by molar-refractivity contribution is -0.116. The number of hydrogen-bond donors (Lipinski definition) is 3. The Morgan fingerprint density at radius 1 is 1.53 bits per heavy atom. The Labute approximate surface area is 106 Å². The van der Waals surface area contributed by atoms with Gasteiger partial charge in [-0.15, -0.1) is 0 Å². The molecular formula is C12H17ClN2O2. The first-order valence-corrected chi connectivity index (χ1v) is 5.73. The molecule has 1 amide bonds. The van der Waals surface area contributed by atoms with Gasteiger partial charge < -0.3 is 16.2 Å². The van der Waals surface area contributed by atoms with E-state index in [1.54, 1.807) is 6.07 Å². The van der Waals surface area contributed by atoms with Crippen LogP contribution in [0, 0.1) is 0 Å². The molecule has 1 aromatic carbocycles. The van der Waals surface area contributed by atoms with Gasteiger partial charge >= 0.3 is 0 Å². The second-order valence-electron chi connectivity index (χ2n) is 4.70. The van der Waals surface area contributed by atoms with Gasteiger partial charge in [0.05, 0.1) is 5.02 Å². The van der Waals surface area contributed by atoms with Gasteiger partial charge in [0.25, 0.3) is 0 Å². The summed E-state index contributed by atoms with van der Waals surface area (Å²) in [6, 6.07) is 4.53. The number of hydrogen-bond acceptors (Lipinski definition) is 3. The Morgan fingerprint density at radius 2 is 2.18 bits per heavy atom. The first kappa shape index (κ1) is 13.8. The summed E-state index contributed by atoms with van der Waals surface area (Å²) in [5, 5.41) is 12.1. The Hall–Kier alpha value is -1.26. The molecule has 5 heteroatoms. The van der Waals surface area contributed by atoms with Crippen LogP contribution in [-0.2, 0) is 4.79 Å². The highest BCUT2D eigenvalue weighted by Crippen LogP contribution is 2.26. The number of aromatic hydroxyl groups is 1. The van der Waals surface area contributed by atoms with Gasteiger partial charge in [-0.2, -0.15) is 0 Å². The molecule has 4 nitrogen and oxygen atoms in total. The molecule has 0 heterocycles. The molecule has 0 saturated heterocycles. The van der Waals surface area contributed by atoms with Gasteiger partial charge in [-0.05, 0) is 38.5 Å². The summed E-state index contributed by atoms with van der Waals surface area (Å²) in [5.41, 5.74) is 5.99. The van der Waals surface area contributed by atoms with Crippen LogP contribution in [0.2, 0.25) is 5.02 Å². The topological polar surface area (TPSA) is 75.4 Å². The van der Waals surface area contributed by atoms with E-state index in [2.05, 4.69) is 5.32 Å². The number of amides is 1. The van der Waals surface area contributed by atoms with Crippen LogP contribution < -0.4 is 11.1 Å². The van der Waals surface area contributed by atoms with E-state index in [-0.39, 0.29) is 22.2 Å². The number of halogens is 1. The molecule has 0 aliphatic rings. The molecule has 0 atom stereocenters. The van der Waals surface area contributed by atoms with Crippen molar-refractivity contribution in [1.82, 2.24) is 0 Å². The Balaban J connectivity index is 2.54. The largest absolute Gasteiger partial charge is 0.506 e. The van der Waals surface area contributed by atoms with E-state index in [1.165, 1.54) is 12.1 Å². The van der Waals surface area contributed by atoms with Gasteiger partial charge in [-0.1, -0.05) is 11.6 Å². The molecule has 1 rings (SSSR count). The molecule has 1 aromatic rings. The van der Waals surface area contributed by atoms with Crippen molar-refractivity contribution in [1.29, 1.82) is 0 Å². The third-order valence-corrected chi connectivity index (χ3v) is 2.53. The van der Waals surface area contributed by atoms with E-state index in [9.17, 15) is 9.90 Å². The van der Waals surface area contributed by atoms with Crippen molar-refractivity contribution in [2.45, 2.75) is 32.2 Å². The second kappa shape index (κ2) is 5.38. The number of anilines is 1. The molecular weight excluding hydrogens is 240 g/mol. The molecule has 0 spiro atoms. The third kappa shape index (κ3) is 5.06. The van der Waals surface area contributed by atoms with Crippen LogP contribution in [0.15, 0.2) is 18.2 Å². The fourth-order valence-corrected chi connectivity index (χ4v) is 1.42. The van der Waals surface area contributed by atoms with Gasteiger partial charge in [-0.3, -0.25) is 4.79 Å². The average Bonchev–Trinajstić information content (AvgIpc) is 2.20. The predicted molar refractivity (Wildman–Crippen MR) is 69.2 cm³/mol. The van der Waals surface area contributed by atoms with Crippen LogP contribution >= 0.6 is 11.6 Å². The van der Waals surface area contributed by atoms with E-state index in [1.807, 2.05) is 13.8 Å². The molecule has 0 fully saturated rings. The van der Waals surface area contributed by atoms with Gasteiger partial charge in [0.15, 0.2) is 0 Å². The molecule has 4 N–H and O–H groups in total. The minimum absolute atomic E-state index is 0.00671. The number of carbonyl (C=O) groups is 1. The maximum atomic E-state index is 11.6. The summed E-state index contributed by atoms with van der Waals surface area (Å²) >= 11 is 5.73. The minimum atomic E-state index is -0.357. The summed E-state index contributed by atoms with van der Waals surface area (Å²) in [4.78, 5) is 11.6. The summed E-state index contributed by atoms with van der Waals surface area (Å²) in [5.74, 6) is -0.127. The number of benzene rings is 1. The lowest BCUT2D eigenvalue weighted by Gasteiger charge is -2.17. The monoisotopic (exact) mass is 256 g/mol. The highest BCUT2D eigenvalue weighted by Gasteiger charge is 2.13. The maximum absolute atomic E-state index is 11.6.